The summed E-state index contributed by atoms with van der Waals surface area (Å²) in [5.41, 5.74) is 0. The molecule has 0 saturated heterocycles. The Balaban J connectivity index is 2.98. The number of hydrogen-bond donors (Lipinski definition) is 0. The fraction of sp³-hybridized carbons (Fsp3) is 0.571. The largest absolute Gasteiger partial charge is 0.266 e. The summed E-state index contributed by atoms with van der Waals surface area (Å²) < 4.78 is 22.8. The molecule has 1 radical (unpaired) electrons. The van der Waals surface area contributed by atoms with Crippen molar-refractivity contribution >= 4 is 11.8 Å². The second-order valence-corrected chi connectivity index (χ2v) is 2.97. The molecule has 0 saturated carbocycles. The summed E-state index contributed by atoms with van der Waals surface area (Å²) in [4.78, 5) is 0. The Kier molecular flexibility index (Phi) is 7.03. The van der Waals surface area contributed by atoms with Gasteiger partial charge in [0.25, 0.3) is 6.08 Å². The van der Waals surface area contributed by atoms with Gasteiger partial charge in [-0.3, -0.25) is 0 Å². The molecule has 0 nitrogen and oxygen atoms in total. The minimum atomic E-state index is -1.57. The Hall–Kier alpha value is -0.0500. The van der Waals surface area contributed by atoms with E-state index in [4.69, 9.17) is 0 Å². The van der Waals surface area contributed by atoms with Gasteiger partial charge in [0, 0.05) is 0 Å². The van der Waals surface area contributed by atoms with Crippen molar-refractivity contribution in [1.82, 2.24) is 0 Å². The number of rotatable bonds is 5. The lowest BCUT2D eigenvalue weighted by Crippen LogP contribution is -1.79. The van der Waals surface area contributed by atoms with Crippen LogP contribution in [0.3, 0.4) is 0 Å². The Bertz CT molecular complexity index is 97.8. The van der Waals surface area contributed by atoms with E-state index in [1.165, 1.54) is 0 Å². The van der Waals surface area contributed by atoms with Crippen LogP contribution in [0.4, 0.5) is 8.78 Å². The van der Waals surface area contributed by atoms with Gasteiger partial charge >= 0.3 is 0 Å². The standard InChI is InChI=1S/C7H11F2S/c1-2-5-10-6-3-4-7(8)9/h4H,1-3,5-6H2. The van der Waals surface area contributed by atoms with E-state index in [1.807, 2.05) is 0 Å². The molecule has 0 aromatic heterocycles. The van der Waals surface area contributed by atoms with E-state index in [0.29, 0.717) is 6.42 Å². The molecule has 0 bridgehead atoms. The number of allylic oxidation sites excluding steroid dienone is 1. The highest BCUT2D eigenvalue weighted by atomic mass is 32.2. The van der Waals surface area contributed by atoms with E-state index < -0.39 is 6.08 Å². The summed E-state index contributed by atoms with van der Waals surface area (Å²) in [7, 11) is 0. The summed E-state index contributed by atoms with van der Waals surface area (Å²) >= 11 is 1.65. The van der Waals surface area contributed by atoms with Gasteiger partial charge in [0.1, 0.15) is 0 Å². The van der Waals surface area contributed by atoms with Crippen molar-refractivity contribution in [3.8, 4) is 0 Å². The van der Waals surface area contributed by atoms with E-state index in [-0.39, 0.29) is 0 Å². The molecule has 59 valence electrons. The third-order valence-corrected chi connectivity index (χ3v) is 1.95. The quantitative estimate of drug-likeness (QED) is 0.564. The number of thioether (sulfide) groups is 1. The zero-order chi connectivity index (χ0) is 7.82. The molecule has 0 aliphatic heterocycles. The highest BCUT2D eigenvalue weighted by molar-refractivity contribution is 7.99. The van der Waals surface area contributed by atoms with E-state index in [9.17, 15) is 8.78 Å². The normalized spacial score (nSPS) is 9.50. The molecule has 0 atom stereocenters. The minimum Gasteiger partial charge on any atom is -0.174 e. The van der Waals surface area contributed by atoms with Crippen LogP contribution in [0.2, 0.25) is 0 Å². The van der Waals surface area contributed by atoms with Crippen molar-refractivity contribution in [2.75, 3.05) is 11.5 Å². The molecule has 0 rings (SSSR count). The predicted molar refractivity (Wildman–Crippen MR) is 42.2 cm³/mol. The van der Waals surface area contributed by atoms with Gasteiger partial charge < -0.3 is 0 Å². The van der Waals surface area contributed by atoms with Crippen LogP contribution in [0, 0.1) is 6.92 Å². The van der Waals surface area contributed by atoms with Crippen molar-refractivity contribution < 1.29 is 8.78 Å². The Labute approximate surface area is 64.7 Å². The van der Waals surface area contributed by atoms with Gasteiger partial charge in [-0.05, 0) is 30.4 Å². The summed E-state index contributed by atoms with van der Waals surface area (Å²) in [5.74, 6) is 1.73. The molecule has 0 amide bonds. The fourth-order valence-corrected chi connectivity index (χ4v) is 1.15. The molecule has 0 aliphatic rings. The lowest BCUT2D eigenvalue weighted by Gasteiger charge is -1.92. The molecule has 0 heterocycles. The molecule has 0 aromatic rings. The van der Waals surface area contributed by atoms with E-state index in [2.05, 4.69) is 6.92 Å². The van der Waals surface area contributed by atoms with Gasteiger partial charge in [-0.15, -0.1) is 0 Å². The average Bonchev–Trinajstić information content (AvgIpc) is 1.87. The zero-order valence-electron chi connectivity index (χ0n) is 5.78. The van der Waals surface area contributed by atoms with Gasteiger partial charge in [0.2, 0.25) is 0 Å². The maximum atomic E-state index is 11.4. The Morgan fingerprint density at radius 2 is 2.10 bits per heavy atom. The average molecular weight is 165 g/mol. The number of hydrogen-bond acceptors (Lipinski definition) is 1. The monoisotopic (exact) mass is 165 g/mol. The summed E-state index contributed by atoms with van der Waals surface area (Å²) in [6, 6.07) is 0. The van der Waals surface area contributed by atoms with Crippen LogP contribution in [0.15, 0.2) is 12.2 Å². The van der Waals surface area contributed by atoms with Crippen molar-refractivity contribution in [3.05, 3.63) is 19.1 Å². The maximum Gasteiger partial charge on any atom is 0.266 e. The third-order valence-electron chi connectivity index (χ3n) is 0.850. The first kappa shape index (κ1) is 9.95. The van der Waals surface area contributed by atoms with Crippen LogP contribution in [-0.2, 0) is 0 Å². The smallest absolute Gasteiger partial charge is 0.174 e. The van der Waals surface area contributed by atoms with Crippen LogP contribution in [0.1, 0.15) is 12.8 Å². The second-order valence-electron chi connectivity index (χ2n) is 1.75. The van der Waals surface area contributed by atoms with E-state index in [1.54, 1.807) is 11.8 Å². The van der Waals surface area contributed by atoms with E-state index >= 15 is 0 Å². The maximum absolute atomic E-state index is 11.4. The van der Waals surface area contributed by atoms with Gasteiger partial charge in [0.15, 0.2) is 0 Å². The van der Waals surface area contributed by atoms with E-state index in [0.717, 1.165) is 24.0 Å². The second kappa shape index (κ2) is 7.06. The van der Waals surface area contributed by atoms with Crippen molar-refractivity contribution in [1.29, 1.82) is 0 Å². The minimum absolute atomic E-state index is 0.465. The van der Waals surface area contributed by atoms with Gasteiger partial charge in [-0.25, -0.2) is 0 Å². The van der Waals surface area contributed by atoms with Crippen LogP contribution in [0.25, 0.3) is 0 Å². The molecular weight excluding hydrogens is 154 g/mol. The summed E-state index contributed by atoms with van der Waals surface area (Å²) in [5, 5.41) is 0. The van der Waals surface area contributed by atoms with Gasteiger partial charge in [-0.2, -0.15) is 20.5 Å². The van der Waals surface area contributed by atoms with Crippen molar-refractivity contribution in [2.24, 2.45) is 0 Å². The molecule has 10 heavy (non-hydrogen) atoms. The van der Waals surface area contributed by atoms with Crippen LogP contribution in [-0.4, -0.2) is 11.5 Å². The first-order valence-electron chi connectivity index (χ1n) is 3.15. The molecule has 0 unspecified atom stereocenters. The van der Waals surface area contributed by atoms with Gasteiger partial charge in [-0.1, -0.05) is 6.92 Å². The lowest BCUT2D eigenvalue weighted by atomic mass is 10.5. The highest BCUT2D eigenvalue weighted by Gasteiger charge is 1.88. The van der Waals surface area contributed by atoms with Crippen LogP contribution >= 0.6 is 11.8 Å². The third kappa shape index (κ3) is 7.95. The van der Waals surface area contributed by atoms with Crippen molar-refractivity contribution in [2.45, 2.75) is 12.8 Å². The summed E-state index contributed by atoms with van der Waals surface area (Å²) in [6.07, 6.45) is 0.713. The first-order valence-corrected chi connectivity index (χ1v) is 4.31. The highest BCUT2D eigenvalue weighted by Crippen LogP contribution is 2.06. The molecule has 0 aliphatic carbocycles. The van der Waals surface area contributed by atoms with Gasteiger partial charge in [0.05, 0.1) is 0 Å². The molecule has 0 aromatic carbocycles. The summed E-state index contributed by atoms with van der Waals surface area (Å²) in [6.45, 7) is 3.63. The molecule has 0 fully saturated rings. The SMILES string of the molecule is [CH2]CCSCCC=C(F)F. The Morgan fingerprint density at radius 3 is 2.60 bits per heavy atom. The predicted octanol–water partition coefficient (Wildman–Crippen LogP) is 3.11. The number of halogens is 2. The fourth-order valence-electron chi connectivity index (χ4n) is 0.455. The van der Waals surface area contributed by atoms with Crippen molar-refractivity contribution in [3.63, 3.8) is 0 Å². The molecule has 3 heteroatoms. The topological polar surface area (TPSA) is 0 Å². The Morgan fingerprint density at radius 1 is 1.40 bits per heavy atom. The molecular formula is C7H11F2S. The van der Waals surface area contributed by atoms with Crippen LogP contribution in [0.5, 0.6) is 0 Å². The zero-order valence-corrected chi connectivity index (χ0v) is 6.59. The lowest BCUT2D eigenvalue weighted by molar-refractivity contribution is 0.418. The van der Waals surface area contributed by atoms with Crippen LogP contribution < -0.4 is 0 Å². The first-order chi connectivity index (χ1) is 4.77. The molecule has 0 spiro atoms. The molecule has 0 N–H and O–H groups in total.